The summed E-state index contributed by atoms with van der Waals surface area (Å²) < 4.78 is 5.31. The molecule has 1 aliphatic heterocycles. The van der Waals surface area contributed by atoms with Crippen LogP contribution in [0.15, 0.2) is 4.99 Å². The van der Waals surface area contributed by atoms with E-state index in [2.05, 4.69) is 4.99 Å². The summed E-state index contributed by atoms with van der Waals surface area (Å²) in [5, 5.41) is 25.5. The Bertz CT molecular complexity index is 257. The molecule has 1 fully saturated rings. The van der Waals surface area contributed by atoms with Gasteiger partial charge in [-0.2, -0.15) is 0 Å². The van der Waals surface area contributed by atoms with Crippen molar-refractivity contribution >= 4 is 12.1 Å². The highest BCUT2D eigenvalue weighted by molar-refractivity contribution is 5.90. The molecular weight excluding hydrogens is 198 g/mol. The van der Waals surface area contributed by atoms with Crippen molar-refractivity contribution in [2.24, 2.45) is 16.6 Å². The largest absolute Gasteiger partial charge is 0.394 e. The van der Waals surface area contributed by atoms with Crippen molar-refractivity contribution in [2.75, 3.05) is 6.61 Å². The lowest BCUT2D eigenvalue weighted by Crippen LogP contribution is -2.28. The van der Waals surface area contributed by atoms with E-state index in [9.17, 15) is 5.11 Å². The highest BCUT2D eigenvalue weighted by Crippen LogP contribution is 2.27. The van der Waals surface area contributed by atoms with Crippen LogP contribution in [0.1, 0.15) is 13.3 Å². The van der Waals surface area contributed by atoms with Gasteiger partial charge in [0.15, 0.2) is 6.23 Å². The first-order valence-corrected chi connectivity index (χ1v) is 4.85. The third-order valence-electron chi connectivity index (χ3n) is 2.43. The van der Waals surface area contributed by atoms with Crippen LogP contribution in [0.4, 0.5) is 0 Å². The molecule has 1 rings (SSSR count). The fourth-order valence-corrected chi connectivity index (χ4v) is 1.47. The molecule has 4 atom stereocenters. The summed E-state index contributed by atoms with van der Waals surface area (Å²) >= 11 is 0. The van der Waals surface area contributed by atoms with Crippen LogP contribution in [0.5, 0.6) is 0 Å². The van der Waals surface area contributed by atoms with Gasteiger partial charge in [0, 0.05) is 18.6 Å². The molecule has 5 N–H and O–H groups in total. The number of hydrogen-bond donors (Lipinski definition) is 4. The van der Waals surface area contributed by atoms with E-state index in [0.29, 0.717) is 0 Å². The summed E-state index contributed by atoms with van der Waals surface area (Å²) in [7, 11) is 0. The van der Waals surface area contributed by atoms with E-state index >= 15 is 0 Å². The summed E-state index contributed by atoms with van der Waals surface area (Å²) in [5.41, 5.74) is 5.15. The van der Waals surface area contributed by atoms with Gasteiger partial charge in [0.25, 0.3) is 0 Å². The Labute approximate surface area is 88.3 Å². The molecule has 1 aliphatic rings. The van der Waals surface area contributed by atoms with Gasteiger partial charge < -0.3 is 20.7 Å². The number of nitrogens with two attached hydrogens (primary N) is 1. The van der Waals surface area contributed by atoms with Crippen molar-refractivity contribution in [1.82, 2.24) is 0 Å². The molecule has 0 bridgehead atoms. The predicted molar refractivity (Wildman–Crippen MR) is 55.9 cm³/mol. The molecule has 1 saturated heterocycles. The van der Waals surface area contributed by atoms with E-state index in [-0.39, 0.29) is 24.8 Å². The molecule has 0 saturated carbocycles. The standard InChI is InChI=1S/C9H17N3O3/c1-5-8(14)6(4-13)15-9(5)12-3-2-7(10)11/h3,5-6,8-9,13-14H,2,4H2,1H3,(H3,10,11). The maximum Gasteiger partial charge on any atom is 0.153 e. The smallest absolute Gasteiger partial charge is 0.153 e. The van der Waals surface area contributed by atoms with Crippen LogP contribution in [0, 0.1) is 11.3 Å². The number of aliphatic imine (C=N–C) groups is 1. The molecule has 0 amide bonds. The highest BCUT2D eigenvalue weighted by atomic mass is 16.5. The van der Waals surface area contributed by atoms with Crippen molar-refractivity contribution in [3.05, 3.63) is 0 Å². The van der Waals surface area contributed by atoms with Crippen molar-refractivity contribution in [1.29, 1.82) is 5.41 Å². The van der Waals surface area contributed by atoms with Gasteiger partial charge in [0.1, 0.15) is 6.10 Å². The zero-order valence-corrected chi connectivity index (χ0v) is 8.63. The van der Waals surface area contributed by atoms with Gasteiger partial charge in [-0.1, -0.05) is 6.92 Å². The Kier molecular flexibility index (Phi) is 4.19. The number of hydrogen-bond acceptors (Lipinski definition) is 5. The molecule has 0 aromatic heterocycles. The molecule has 0 spiro atoms. The van der Waals surface area contributed by atoms with Gasteiger partial charge in [0.05, 0.1) is 18.5 Å². The Hall–Kier alpha value is -0.980. The van der Waals surface area contributed by atoms with Gasteiger partial charge in [0.2, 0.25) is 0 Å². The third-order valence-corrected chi connectivity index (χ3v) is 2.43. The Morgan fingerprint density at radius 2 is 2.33 bits per heavy atom. The van der Waals surface area contributed by atoms with Crippen LogP contribution in [-0.2, 0) is 4.74 Å². The number of nitrogens with one attached hydrogen (secondary N) is 1. The van der Waals surface area contributed by atoms with Crippen LogP contribution < -0.4 is 5.73 Å². The van der Waals surface area contributed by atoms with Gasteiger partial charge in [-0.25, -0.2) is 0 Å². The summed E-state index contributed by atoms with van der Waals surface area (Å²) in [4.78, 5) is 4.05. The molecule has 6 heteroatoms. The fraction of sp³-hybridized carbons (Fsp3) is 0.778. The first kappa shape index (κ1) is 12.1. The number of aliphatic hydroxyl groups excluding tert-OH is 2. The van der Waals surface area contributed by atoms with Crippen molar-refractivity contribution in [3.8, 4) is 0 Å². The van der Waals surface area contributed by atoms with E-state index in [1.165, 1.54) is 6.21 Å². The lowest BCUT2D eigenvalue weighted by molar-refractivity contribution is -0.0192. The summed E-state index contributed by atoms with van der Waals surface area (Å²) in [6.45, 7) is 1.58. The molecule has 0 aliphatic carbocycles. The van der Waals surface area contributed by atoms with E-state index < -0.39 is 18.4 Å². The third kappa shape index (κ3) is 2.98. The molecule has 0 radical (unpaired) electrons. The minimum atomic E-state index is -0.700. The van der Waals surface area contributed by atoms with Gasteiger partial charge in [-0.05, 0) is 0 Å². The zero-order valence-electron chi connectivity index (χ0n) is 8.63. The molecule has 6 nitrogen and oxygen atoms in total. The van der Waals surface area contributed by atoms with Crippen molar-refractivity contribution < 1.29 is 14.9 Å². The summed E-state index contributed by atoms with van der Waals surface area (Å²) in [6, 6.07) is 0. The number of amidine groups is 1. The monoisotopic (exact) mass is 215 g/mol. The maximum absolute atomic E-state index is 9.61. The average molecular weight is 215 g/mol. The van der Waals surface area contributed by atoms with E-state index in [4.69, 9.17) is 21.0 Å². The molecule has 4 unspecified atom stereocenters. The SMILES string of the molecule is CC1C(N=CCC(=N)N)OC(CO)C1O. The molecular formula is C9H17N3O3. The number of rotatable bonds is 4. The quantitative estimate of drug-likeness (QED) is 0.359. The van der Waals surface area contributed by atoms with E-state index in [1.807, 2.05) is 0 Å². The Balaban J connectivity index is 2.50. The highest BCUT2D eigenvalue weighted by Gasteiger charge is 2.39. The lowest BCUT2D eigenvalue weighted by atomic mass is 10.0. The Morgan fingerprint density at radius 3 is 2.80 bits per heavy atom. The molecule has 15 heavy (non-hydrogen) atoms. The normalized spacial score (nSPS) is 36.2. The molecule has 86 valence electrons. The lowest BCUT2D eigenvalue weighted by Gasteiger charge is -2.10. The van der Waals surface area contributed by atoms with Gasteiger partial charge >= 0.3 is 0 Å². The predicted octanol–water partition coefficient (Wildman–Crippen LogP) is -0.903. The second-order valence-corrected chi connectivity index (χ2v) is 3.66. The number of ether oxygens (including phenoxy) is 1. The van der Waals surface area contributed by atoms with Crippen molar-refractivity contribution in [2.45, 2.75) is 31.8 Å². The zero-order chi connectivity index (χ0) is 11.4. The topological polar surface area (TPSA) is 112 Å². The first-order valence-electron chi connectivity index (χ1n) is 4.85. The minimum absolute atomic E-state index is 0.0312. The summed E-state index contributed by atoms with van der Waals surface area (Å²) in [5.74, 6) is -0.131. The molecule has 0 aromatic rings. The van der Waals surface area contributed by atoms with Crippen molar-refractivity contribution in [3.63, 3.8) is 0 Å². The van der Waals surface area contributed by atoms with E-state index in [0.717, 1.165) is 0 Å². The Morgan fingerprint density at radius 1 is 1.67 bits per heavy atom. The van der Waals surface area contributed by atoms with E-state index in [1.54, 1.807) is 6.92 Å². The minimum Gasteiger partial charge on any atom is -0.394 e. The van der Waals surface area contributed by atoms with Crippen LogP contribution in [-0.4, -0.2) is 47.3 Å². The van der Waals surface area contributed by atoms with Gasteiger partial charge in [-0.15, -0.1) is 0 Å². The van der Waals surface area contributed by atoms with Crippen LogP contribution in [0.3, 0.4) is 0 Å². The fourth-order valence-electron chi connectivity index (χ4n) is 1.47. The van der Waals surface area contributed by atoms with Gasteiger partial charge in [-0.3, -0.25) is 10.4 Å². The second kappa shape index (κ2) is 5.20. The second-order valence-electron chi connectivity index (χ2n) is 3.66. The maximum atomic E-state index is 9.61. The van der Waals surface area contributed by atoms with Crippen LogP contribution in [0.2, 0.25) is 0 Å². The van der Waals surface area contributed by atoms with Crippen LogP contribution >= 0.6 is 0 Å². The first-order chi connectivity index (χ1) is 7.06. The molecule has 0 aromatic carbocycles. The number of aliphatic hydroxyl groups is 2. The summed E-state index contributed by atoms with van der Waals surface area (Å²) in [6.07, 6.45) is 0.0353. The molecule has 1 heterocycles. The van der Waals surface area contributed by atoms with Crippen LogP contribution in [0.25, 0.3) is 0 Å². The number of nitrogens with zero attached hydrogens (tertiary/aromatic N) is 1. The average Bonchev–Trinajstić information content (AvgIpc) is 2.45.